The third kappa shape index (κ3) is 2.90. The van der Waals surface area contributed by atoms with Crippen LogP contribution in [-0.4, -0.2) is 25.0 Å². The first-order chi connectivity index (χ1) is 8.74. The Morgan fingerprint density at radius 1 is 1.47 bits per heavy atom. The summed E-state index contributed by atoms with van der Waals surface area (Å²) < 4.78 is 13.3. The van der Waals surface area contributed by atoms with Gasteiger partial charge in [0.25, 0.3) is 0 Å². The van der Waals surface area contributed by atoms with Gasteiger partial charge in [-0.3, -0.25) is 4.79 Å². The second-order valence-electron chi connectivity index (χ2n) is 5.07. The van der Waals surface area contributed by atoms with Crippen LogP contribution < -0.4 is 10.2 Å². The number of fused-ring (bicyclic) bond motifs is 1. The van der Waals surface area contributed by atoms with Gasteiger partial charge in [0.1, 0.15) is 5.82 Å². The zero-order valence-electron chi connectivity index (χ0n) is 10.7. The van der Waals surface area contributed by atoms with E-state index in [9.17, 15) is 9.18 Å². The van der Waals surface area contributed by atoms with Crippen molar-refractivity contribution in [3.63, 3.8) is 0 Å². The van der Waals surface area contributed by atoms with Crippen LogP contribution in [0, 0.1) is 5.82 Å². The lowest BCUT2D eigenvalue weighted by atomic mass is 10.1. The first-order valence-corrected chi connectivity index (χ1v) is 6.56. The molecule has 2 aliphatic rings. The normalized spacial score (nSPS) is 21.1. The highest BCUT2D eigenvalue weighted by Gasteiger charge is 2.27. The van der Waals surface area contributed by atoms with Crippen LogP contribution in [0.2, 0.25) is 0 Å². The number of nitrogens with one attached hydrogen (secondary N) is 1. The molecule has 3 nitrogen and oxygen atoms in total. The van der Waals surface area contributed by atoms with Crippen molar-refractivity contribution in [2.24, 2.45) is 0 Å². The zero-order valence-corrected chi connectivity index (χ0v) is 11.5. The molecule has 1 N–H and O–H groups in total. The van der Waals surface area contributed by atoms with Crippen molar-refractivity contribution >= 4 is 24.0 Å². The average molecular weight is 285 g/mol. The number of carbonyl (C=O) groups excluding carboxylic acids is 1. The Morgan fingerprint density at radius 3 is 3.05 bits per heavy atom. The minimum absolute atomic E-state index is 0. The molecule has 3 rings (SSSR count). The summed E-state index contributed by atoms with van der Waals surface area (Å²) in [6.07, 6.45) is 3.56. The molecule has 1 atom stereocenters. The van der Waals surface area contributed by atoms with Crippen LogP contribution in [0.4, 0.5) is 10.1 Å². The molecule has 1 saturated heterocycles. The van der Waals surface area contributed by atoms with E-state index >= 15 is 0 Å². The third-order valence-electron chi connectivity index (χ3n) is 3.83. The Labute approximate surface area is 118 Å². The highest BCUT2D eigenvalue weighted by molar-refractivity contribution is 5.95. The minimum atomic E-state index is -0.271. The molecule has 2 aliphatic heterocycles. The fourth-order valence-corrected chi connectivity index (χ4v) is 2.86. The number of hydrogen-bond donors (Lipinski definition) is 1. The van der Waals surface area contributed by atoms with Crippen LogP contribution >= 0.6 is 12.4 Å². The van der Waals surface area contributed by atoms with Crippen LogP contribution in [0.5, 0.6) is 0 Å². The van der Waals surface area contributed by atoms with Crippen molar-refractivity contribution in [2.75, 3.05) is 18.0 Å². The van der Waals surface area contributed by atoms with Crippen molar-refractivity contribution < 1.29 is 9.18 Å². The Bertz CT molecular complexity index is 475. The van der Waals surface area contributed by atoms with Gasteiger partial charge in [0, 0.05) is 24.7 Å². The molecule has 0 aliphatic carbocycles. The largest absolute Gasteiger partial charge is 0.313 e. The van der Waals surface area contributed by atoms with E-state index in [0.29, 0.717) is 19.0 Å². The van der Waals surface area contributed by atoms with Crippen LogP contribution in [0.25, 0.3) is 0 Å². The topological polar surface area (TPSA) is 32.3 Å². The maximum atomic E-state index is 13.3. The highest BCUT2D eigenvalue weighted by Crippen LogP contribution is 2.29. The summed E-state index contributed by atoms with van der Waals surface area (Å²) in [6, 6.07) is 5.02. The highest BCUT2D eigenvalue weighted by atomic mass is 35.5. The average Bonchev–Trinajstić information content (AvgIpc) is 2.97. The van der Waals surface area contributed by atoms with E-state index in [1.165, 1.54) is 12.1 Å². The van der Waals surface area contributed by atoms with E-state index in [0.717, 1.165) is 37.1 Å². The molecule has 1 aromatic rings. The van der Waals surface area contributed by atoms with Gasteiger partial charge >= 0.3 is 0 Å². The van der Waals surface area contributed by atoms with Crippen molar-refractivity contribution in [2.45, 2.75) is 31.7 Å². The van der Waals surface area contributed by atoms with E-state index < -0.39 is 0 Å². The quantitative estimate of drug-likeness (QED) is 0.904. The Balaban J connectivity index is 0.00000133. The van der Waals surface area contributed by atoms with Crippen molar-refractivity contribution in [3.05, 3.63) is 29.6 Å². The number of nitrogens with zero attached hydrogens (tertiary/aromatic N) is 1. The lowest BCUT2D eigenvalue weighted by molar-refractivity contribution is -0.118. The van der Waals surface area contributed by atoms with Crippen molar-refractivity contribution in [1.29, 1.82) is 0 Å². The van der Waals surface area contributed by atoms with E-state index in [2.05, 4.69) is 5.32 Å². The number of benzene rings is 1. The van der Waals surface area contributed by atoms with Gasteiger partial charge in [-0.25, -0.2) is 4.39 Å². The molecule has 2 heterocycles. The monoisotopic (exact) mass is 284 g/mol. The molecule has 0 spiro atoms. The predicted octanol–water partition coefficient (Wildman–Crippen LogP) is 2.28. The predicted molar refractivity (Wildman–Crippen MR) is 75.3 cm³/mol. The molecule has 1 fully saturated rings. The molecule has 0 aromatic heterocycles. The van der Waals surface area contributed by atoms with E-state index in [1.54, 1.807) is 11.0 Å². The summed E-state index contributed by atoms with van der Waals surface area (Å²) in [4.78, 5) is 14.0. The number of amides is 1. The fourth-order valence-electron chi connectivity index (χ4n) is 2.86. The van der Waals surface area contributed by atoms with Gasteiger partial charge in [-0.05, 0) is 43.5 Å². The molecule has 19 heavy (non-hydrogen) atoms. The standard InChI is InChI=1S/C14H17FN2O.ClH/c15-11-4-3-10-5-7-17(13(10)8-11)14(18)9-12-2-1-6-16-12;/h3-4,8,12,16H,1-2,5-7,9H2;1H. The van der Waals surface area contributed by atoms with Gasteiger partial charge in [0.05, 0.1) is 0 Å². The van der Waals surface area contributed by atoms with Crippen LogP contribution in [0.3, 0.4) is 0 Å². The molecule has 104 valence electrons. The van der Waals surface area contributed by atoms with E-state index in [4.69, 9.17) is 0 Å². The number of halogens is 2. The molecule has 1 unspecified atom stereocenters. The van der Waals surface area contributed by atoms with Crippen molar-refractivity contribution in [1.82, 2.24) is 5.32 Å². The van der Waals surface area contributed by atoms with Gasteiger partial charge in [0.15, 0.2) is 0 Å². The summed E-state index contributed by atoms with van der Waals surface area (Å²) >= 11 is 0. The third-order valence-corrected chi connectivity index (χ3v) is 3.83. The van der Waals surface area contributed by atoms with Crippen LogP contribution in [0.15, 0.2) is 18.2 Å². The lowest BCUT2D eigenvalue weighted by Crippen LogP contribution is -2.34. The Hall–Kier alpha value is -1.13. The summed E-state index contributed by atoms with van der Waals surface area (Å²) in [5.74, 6) is -0.161. The molecule has 0 bridgehead atoms. The maximum Gasteiger partial charge on any atom is 0.228 e. The minimum Gasteiger partial charge on any atom is -0.313 e. The molecular weight excluding hydrogens is 267 g/mol. The summed E-state index contributed by atoms with van der Waals surface area (Å²) in [5.41, 5.74) is 1.84. The van der Waals surface area contributed by atoms with Gasteiger partial charge in [-0.2, -0.15) is 0 Å². The van der Waals surface area contributed by atoms with Crippen LogP contribution in [0.1, 0.15) is 24.8 Å². The van der Waals surface area contributed by atoms with E-state index in [-0.39, 0.29) is 24.1 Å². The number of carbonyl (C=O) groups is 1. The summed E-state index contributed by atoms with van der Waals surface area (Å²) in [7, 11) is 0. The second-order valence-corrected chi connectivity index (χ2v) is 5.07. The zero-order chi connectivity index (χ0) is 12.5. The fraction of sp³-hybridized carbons (Fsp3) is 0.500. The number of anilines is 1. The summed E-state index contributed by atoms with van der Waals surface area (Å²) in [6.45, 7) is 1.69. The molecular formula is C14H18ClFN2O. The number of hydrogen-bond acceptors (Lipinski definition) is 2. The molecule has 0 saturated carbocycles. The van der Waals surface area contributed by atoms with E-state index in [1.807, 2.05) is 0 Å². The first kappa shape index (κ1) is 14.3. The molecule has 5 heteroatoms. The Kier molecular flexibility index (Phi) is 4.42. The van der Waals surface area contributed by atoms with Gasteiger partial charge < -0.3 is 10.2 Å². The first-order valence-electron chi connectivity index (χ1n) is 6.56. The summed E-state index contributed by atoms with van der Waals surface area (Å²) in [5, 5.41) is 3.32. The smallest absolute Gasteiger partial charge is 0.228 e. The maximum absolute atomic E-state index is 13.3. The Morgan fingerprint density at radius 2 is 2.32 bits per heavy atom. The molecule has 1 aromatic carbocycles. The van der Waals surface area contributed by atoms with Gasteiger partial charge in [-0.15, -0.1) is 12.4 Å². The SMILES string of the molecule is Cl.O=C(CC1CCCN1)N1CCc2ccc(F)cc21. The van der Waals surface area contributed by atoms with Gasteiger partial charge in [0.2, 0.25) is 5.91 Å². The van der Waals surface area contributed by atoms with Crippen molar-refractivity contribution in [3.8, 4) is 0 Å². The number of rotatable bonds is 2. The molecule has 1 amide bonds. The molecule has 0 radical (unpaired) electrons. The second kappa shape index (κ2) is 5.88. The lowest BCUT2D eigenvalue weighted by Gasteiger charge is -2.19. The van der Waals surface area contributed by atoms with Crippen LogP contribution in [-0.2, 0) is 11.2 Å². The van der Waals surface area contributed by atoms with Gasteiger partial charge in [-0.1, -0.05) is 6.07 Å².